The number of nitrogens with zero attached hydrogens (tertiary/aromatic N) is 4. The van der Waals surface area contributed by atoms with Crippen LogP contribution in [0.1, 0.15) is 31.4 Å². The highest BCUT2D eigenvalue weighted by molar-refractivity contribution is 5.74. The van der Waals surface area contributed by atoms with Gasteiger partial charge in [-0.1, -0.05) is 18.1 Å². The second-order valence-electron chi connectivity index (χ2n) is 6.26. The summed E-state index contributed by atoms with van der Waals surface area (Å²) in [7, 11) is 3.66. The van der Waals surface area contributed by atoms with E-state index in [1.54, 1.807) is 40.9 Å². The van der Waals surface area contributed by atoms with Crippen LogP contribution in [0.3, 0.4) is 0 Å². The molecule has 0 unspecified atom stereocenters. The highest BCUT2D eigenvalue weighted by Crippen LogP contribution is 2.24. The van der Waals surface area contributed by atoms with Crippen LogP contribution in [0.4, 0.5) is 4.79 Å². The molecule has 24 heavy (non-hydrogen) atoms. The SMILES string of the molecule is CN(C(=O)NCc1c(-c2ccc(O)cc2)nnn1C)C1CCCC1. The molecule has 128 valence electrons. The van der Waals surface area contributed by atoms with Crippen molar-refractivity contribution >= 4 is 6.03 Å². The third-order valence-corrected chi connectivity index (χ3v) is 4.68. The van der Waals surface area contributed by atoms with Crippen molar-refractivity contribution in [1.29, 1.82) is 0 Å². The van der Waals surface area contributed by atoms with Crippen molar-refractivity contribution in [1.82, 2.24) is 25.2 Å². The van der Waals surface area contributed by atoms with Crippen LogP contribution >= 0.6 is 0 Å². The number of rotatable bonds is 4. The van der Waals surface area contributed by atoms with E-state index in [1.807, 2.05) is 7.05 Å². The number of urea groups is 1. The Morgan fingerprint density at radius 2 is 2.00 bits per heavy atom. The van der Waals surface area contributed by atoms with Crippen molar-refractivity contribution in [2.45, 2.75) is 38.3 Å². The molecule has 1 heterocycles. The largest absolute Gasteiger partial charge is 0.508 e. The maximum atomic E-state index is 12.4. The molecule has 1 aliphatic rings. The fraction of sp³-hybridized carbons (Fsp3) is 0.471. The summed E-state index contributed by atoms with van der Waals surface area (Å²) in [4.78, 5) is 14.2. The van der Waals surface area contributed by atoms with E-state index in [2.05, 4.69) is 15.6 Å². The smallest absolute Gasteiger partial charge is 0.317 e. The minimum absolute atomic E-state index is 0.0697. The number of nitrogens with one attached hydrogen (secondary N) is 1. The zero-order valence-corrected chi connectivity index (χ0v) is 14.1. The van der Waals surface area contributed by atoms with Gasteiger partial charge < -0.3 is 15.3 Å². The summed E-state index contributed by atoms with van der Waals surface area (Å²) >= 11 is 0. The standard InChI is InChI=1S/C17H23N5O2/c1-21(13-5-3-4-6-13)17(24)18-11-15-16(19-20-22(15)2)12-7-9-14(23)10-8-12/h7-10,13,23H,3-6,11H2,1-2H3,(H,18,24). The van der Waals surface area contributed by atoms with Crippen LogP contribution in [0.25, 0.3) is 11.3 Å². The first-order chi connectivity index (χ1) is 11.6. The maximum absolute atomic E-state index is 12.4. The van der Waals surface area contributed by atoms with E-state index in [1.165, 1.54) is 12.8 Å². The predicted octanol–water partition coefficient (Wildman–Crippen LogP) is 2.27. The lowest BCUT2D eigenvalue weighted by atomic mass is 10.1. The predicted molar refractivity (Wildman–Crippen MR) is 90.4 cm³/mol. The van der Waals surface area contributed by atoms with E-state index in [0.717, 1.165) is 24.1 Å². The quantitative estimate of drug-likeness (QED) is 0.901. The zero-order valence-electron chi connectivity index (χ0n) is 14.1. The number of carbonyl (C=O) groups excluding carboxylic acids is 1. The van der Waals surface area contributed by atoms with Crippen LogP contribution in [0.5, 0.6) is 5.75 Å². The van der Waals surface area contributed by atoms with Gasteiger partial charge in [0, 0.05) is 25.7 Å². The maximum Gasteiger partial charge on any atom is 0.317 e. The summed E-state index contributed by atoms with van der Waals surface area (Å²) in [6.07, 6.45) is 4.55. The third-order valence-electron chi connectivity index (χ3n) is 4.68. The lowest BCUT2D eigenvalue weighted by Gasteiger charge is -2.24. The number of benzene rings is 1. The minimum atomic E-state index is -0.0697. The third kappa shape index (κ3) is 3.34. The second-order valence-corrected chi connectivity index (χ2v) is 6.26. The summed E-state index contributed by atoms with van der Waals surface area (Å²) in [5, 5.41) is 20.6. The second kappa shape index (κ2) is 6.90. The molecule has 2 N–H and O–H groups in total. The molecule has 1 saturated carbocycles. The van der Waals surface area contributed by atoms with E-state index in [0.29, 0.717) is 18.3 Å². The van der Waals surface area contributed by atoms with Crippen LogP contribution in [-0.2, 0) is 13.6 Å². The monoisotopic (exact) mass is 329 g/mol. The number of aromatic nitrogens is 3. The van der Waals surface area contributed by atoms with Gasteiger partial charge in [-0.3, -0.25) is 0 Å². The van der Waals surface area contributed by atoms with Crippen LogP contribution in [-0.4, -0.2) is 44.1 Å². The van der Waals surface area contributed by atoms with Crippen LogP contribution < -0.4 is 5.32 Å². The van der Waals surface area contributed by atoms with Crippen LogP contribution in [0.15, 0.2) is 24.3 Å². The van der Waals surface area contributed by atoms with Gasteiger partial charge in [0.25, 0.3) is 0 Å². The van der Waals surface area contributed by atoms with Gasteiger partial charge in [0.1, 0.15) is 11.4 Å². The van der Waals surface area contributed by atoms with E-state index in [-0.39, 0.29) is 11.8 Å². The number of hydrogen-bond donors (Lipinski definition) is 2. The molecule has 7 nitrogen and oxygen atoms in total. The number of amides is 2. The lowest BCUT2D eigenvalue weighted by Crippen LogP contribution is -2.42. The van der Waals surface area contributed by atoms with Gasteiger partial charge >= 0.3 is 6.03 Å². The summed E-state index contributed by atoms with van der Waals surface area (Å²) < 4.78 is 1.66. The lowest BCUT2D eigenvalue weighted by molar-refractivity contribution is 0.190. The Hall–Kier alpha value is -2.57. The fourth-order valence-corrected chi connectivity index (χ4v) is 3.16. The fourth-order valence-electron chi connectivity index (χ4n) is 3.16. The van der Waals surface area contributed by atoms with Gasteiger partial charge in [0.2, 0.25) is 0 Å². The van der Waals surface area contributed by atoms with E-state index >= 15 is 0 Å². The average Bonchev–Trinajstić information content (AvgIpc) is 3.23. The molecule has 2 amide bonds. The van der Waals surface area contributed by atoms with Crippen molar-refractivity contribution in [2.75, 3.05) is 7.05 Å². The van der Waals surface area contributed by atoms with Crippen molar-refractivity contribution < 1.29 is 9.90 Å². The number of aromatic hydroxyl groups is 1. The summed E-state index contributed by atoms with van der Waals surface area (Å²) in [6, 6.07) is 7.07. The van der Waals surface area contributed by atoms with Gasteiger partial charge in [-0.15, -0.1) is 5.10 Å². The Bertz CT molecular complexity index is 704. The first-order valence-electron chi connectivity index (χ1n) is 8.25. The summed E-state index contributed by atoms with van der Waals surface area (Å²) in [6.45, 7) is 0.357. The van der Waals surface area contributed by atoms with Gasteiger partial charge in [-0.05, 0) is 37.1 Å². The molecule has 0 radical (unpaired) electrons. The molecule has 1 fully saturated rings. The highest BCUT2D eigenvalue weighted by atomic mass is 16.3. The van der Waals surface area contributed by atoms with Gasteiger partial charge in [-0.25, -0.2) is 9.48 Å². The molecule has 7 heteroatoms. The van der Waals surface area contributed by atoms with Crippen LogP contribution in [0, 0.1) is 0 Å². The summed E-state index contributed by atoms with van der Waals surface area (Å²) in [5.74, 6) is 0.204. The van der Waals surface area contributed by atoms with E-state index < -0.39 is 0 Å². The Morgan fingerprint density at radius 3 is 2.67 bits per heavy atom. The Labute approximate surface area is 141 Å². The van der Waals surface area contributed by atoms with Gasteiger partial charge in [0.05, 0.1) is 12.2 Å². The molecule has 0 bridgehead atoms. The number of carbonyl (C=O) groups is 1. The van der Waals surface area contributed by atoms with Gasteiger partial charge in [0.15, 0.2) is 0 Å². The number of hydrogen-bond acceptors (Lipinski definition) is 4. The van der Waals surface area contributed by atoms with E-state index in [4.69, 9.17) is 0 Å². The van der Waals surface area contributed by atoms with E-state index in [9.17, 15) is 9.90 Å². The molecule has 0 aliphatic heterocycles. The highest BCUT2D eigenvalue weighted by Gasteiger charge is 2.23. The minimum Gasteiger partial charge on any atom is -0.508 e. The summed E-state index contributed by atoms with van der Waals surface area (Å²) in [5.41, 5.74) is 2.39. The molecular formula is C17H23N5O2. The average molecular weight is 329 g/mol. The molecular weight excluding hydrogens is 306 g/mol. The van der Waals surface area contributed by atoms with Crippen molar-refractivity contribution in [3.05, 3.63) is 30.0 Å². The zero-order chi connectivity index (χ0) is 17.1. The topological polar surface area (TPSA) is 83.3 Å². The molecule has 1 aromatic carbocycles. The van der Waals surface area contributed by atoms with Crippen molar-refractivity contribution in [2.24, 2.45) is 7.05 Å². The first-order valence-corrected chi connectivity index (χ1v) is 8.25. The number of aryl methyl sites for hydroxylation is 1. The molecule has 0 spiro atoms. The van der Waals surface area contributed by atoms with Gasteiger partial charge in [-0.2, -0.15) is 0 Å². The molecule has 0 atom stereocenters. The molecule has 0 saturated heterocycles. The van der Waals surface area contributed by atoms with Crippen LogP contribution in [0.2, 0.25) is 0 Å². The molecule has 1 aromatic heterocycles. The normalized spacial score (nSPS) is 14.8. The number of phenols is 1. The molecule has 2 aromatic rings. The number of phenolic OH excluding ortho intramolecular Hbond substituents is 1. The molecule has 1 aliphatic carbocycles. The van der Waals surface area contributed by atoms with Crippen molar-refractivity contribution in [3.63, 3.8) is 0 Å². The molecule has 3 rings (SSSR count). The Morgan fingerprint density at radius 1 is 1.33 bits per heavy atom. The Kier molecular flexibility index (Phi) is 4.69. The van der Waals surface area contributed by atoms with Crippen molar-refractivity contribution in [3.8, 4) is 17.0 Å². The Balaban J connectivity index is 1.70. The first kappa shape index (κ1) is 16.3.